The van der Waals surface area contributed by atoms with Crippen molar-refractivity contribution in [3.05, 3.63) is 65.7 Å². The van der Waals surface area contributed by atoms with E-state index < -0.39 is 0 Å². The number of hydrogen-bond acceptors (Lipinski definition) is 3. The Hall–Kier alpha value is -1.58. The molecule has 0 radical (unpaired) electrons. The van der Waals surface area contributed by atoms with Gasteiger partial charge in [-0.2, -0.15) is 0 Å². The monoisotopic (exact) mass is 255 g/mol. The highest BCUT2D eigenvalue weighted by atomic mass is 32.2. The predicted molar refractivity (Wildman–Crippen MR) is 73.1 cm³/mol. The van der Waals surface area contributed by atoms with Crippen LogP contribution in [0.1, 0.15) is 17.2 Å². The molecule has 0 bridgehead atoms. The molecule has 0 N–H and O–H groups in total. The Bertz CT molecular complexity index is 555. The zero-order valence-electron chi connectivity index (χ0n) is 9.82. The first kappa shape index (κ1) is 11.5. The van der Waals surface area contributed by atoms with Crippen molar-refractivity contribution in [3.63, 3.8) is 0 Å². The molecular weight excluding hydrogens is 242 g/mol. The first-order valence-electron chi connectivity index (χ1n) is 5.91. The van der Waals surface area contributed by atoms with Gasteiger partial charge in [0.25, 0.3) is 0 Å². The Morgan fingerprint density at radius 1 is 1.06 bits per heavy atom. The molecule has 3 heteroatoms. The minimum Gasteiger partial charge on any atom is -0.301 e. The summed E-state index contributed by atoms with van der Waals surface area (Å²) in [7, 11) is 0. The van der Waals surface area contributed by atoms with Gasteiger partial charge in [0, 0.05) is 11.4 Å². The third-order valence-electron chi connectivity index (χ3n) is 3.07. The van der Waals surface area contributed by atoms with Crippen molar-refractivity contribution in [2.75, 3.05) is 0 Å². The SMILES string of the molecule is O=CC1c2ccccc2SN1Cc1ccccc1. The van der Waals surface area contributed by atoms with Gasteiger partial charge < -0.3 is 4.79 Å². The van der Waals surface area contributed by atoms with E-state index in [0.29, 0.717) is 0 Å². The number of aldehydes is 1. The average Bonchev–Trinajstić information content (AvgIpc) is 2.77. The van der Waals surface area contributed by atoms with Crippen molar-refractivity contribution in [3.8, 4) is 0 Å². The maximum atomic E-state index is 11.3. The van der Waals surface area contributed by atoms with Crippen LogP contribution >= 0.6 is 11.9 Å². The van der Waals surface area contributed by atoms with Crippen LogP contribution in [0.15, 0.2) is 59.5 Å². The van der Waals surface area contributed by atoms with Crippen LogP contribution in [-0.4, -0.2) is 10.6 Å². The van der Waals surface area contributed by atoms with Crippen LogP contribution in [0.2, 0.25) is 0 Å². The standard InChI is InChI=1S/C15H13NOS/c17-11-14-13-8-4-5-9-15(13)18-16(14)10-12-6-2-1-3-7-12/h1-9,11,14H,10H2. The highest BCUT2D eigenvalue weighted by molar-refractivity contribution is 7.97. The normalized spacial score (nSPS) is 18.6. The summed E-state index contributed by atoms with van der Waals surface area (Å²) in [5.41, 5.74) is 2.35. The molecule has 1 atom stereocenters. The third kappa shape index (κ3) is 2.07. The Balaban J connectivity index is 1.86. The molecule has 18 heavy (non-hydrogen) atoms. The minimum atomic E-state index is -0.133. The fourth-order valence-electron chi connectivity index (χ4n) is 2.18. The van der Waals surface area contributed by atoms with E-state index in [0.717, 1.165) is 18.4 Å². The lowest BCUT2D eigenvalue weighted by molar-refractivity contribution is -0.111. The van der Waals surface area contributed by atoms with Crippen LogP contribution < -0.4 is 0 Å². The molecule has 2 aromatic rings. The van der Waals surface area contributed by atoms with Gasteiger partial charge in [-0.05, 0) is 29.1 Å². The molecule has 1 aliphatic rings. The molecule has 1 heterocycles. The summed E-state index contributed by atoms with van der Waals surface area (Å²) in [5.74, 6) is 0. The molecule has 90 valence electrons. The molecule has 2 nitrogen and oxygen atoms in total. The number of carbonyl (C=O) groups excluding carboxylic acids is 1. The molecule has 0 saturated carbocycles. The second kappa shape index (κ2) is 4.96. The van der Waals surface area contributed by atoms with Gasteiger partial charge in [-0.3, -0.25) is 0 Å². The maximum absolute atomic E-state index is 11.3. The van der Waals surface area contributed by atoms with Crippen molar-refractivity contribution < 1.29 is 4.79 Å². The molecule has 1 aliphatic heterocycles. The van der Waals surface area contributed by atoms with Gasteiger partial charge >= 0.3 is 0 Å². The fraction of sp³-hybridized carbons (Fsp3) is 0.133. The van der Waals surface area contributed by atoms with Gasteiger partial charge in [-0.15, -0.1) is 0 Å². The van der Waals surface area contributed by atoms with Crippen LogP contribution in [0.5, 0.6) is 0 Å². The van der Waals surface area contributed by atoms with E-state index in [-0.39, 0.29) is 6.04 Å². The van der Waals surface area contributed by atoms with Gasteiger partial charge in [-0.1, -0.05) is 48.5 Å². The van der Waals surface area contributed by atoms with E-state index in [2.05, 4.69) is 22.5 Å². The zero-order valence-corrected chi connectivity index (χ0v) is 10.6. The second-order valence-corrected chi connectivity index (χ2v) is 5.36. The second-order valence-electron chi connectivity index (χ2n) is 4.27. The predicted octanol–water partition coefficient (Wildman–Crippen LogP) is 3.45. The number of carbonyl (C=O) groups is 1. The third-order valence-corrected chi connectivity index (χ3v) is 4.23. The molecule has 0 saturated heterocycles. The Morgan fingerprint density at radius 3 is 2.56 bits per heavy atom. The number of fused-ring (bicyclic) bond motifs is 1. The summed E-state index contributed by atoms with van der Waals surface area (Å²) in [6.45, 7) is 0.781. The molecule has 2 aromatic carbocycles. The molecule has 0 amide bonds. The molecule has 0 aliphatic carbocycles. The summed E-state index contributed by atoms with van der Waals surface area (Å²) in [6, 6.07) is 18.2. The number of nitrogens with zero attached hydrogens (tertiary/aromatic N) is 1. The van der Waals surface area contributed by atoms with Gasteiger partial charge in [-0.25, -0.2) is 4.31 Å². The van der Waals surface area contributed by atoms with E-state index >= 15 is 0 Å². The molecule has 0 spiro atoms. The Morgan fingerprint density at radius 2 is 1.78 bits per heavy atom. The van der Waals surface area contributed by atoms with Crippen LogP contribution in [0.4, 0.5) is 0 Å². The Labute approximate surface area is 111 Å². The lowest BCUT2D eigenvalue weighted by atomic mass is 10.1. The van der Waals surface area contributed by atoms with Crippen LogP contribution in [0, 0.1) is 0 Å². The highest BCUT2D eigenvalue weighted by Crippen LogP contribution is 2.43. The van der Waals surface area contributed by atoms with E-state index in [1.807, 2.05) is 36.4 Å². The summed E-state index contributed by atoms with van der Waals surface area (Å²) < 4.78 is 2.13. The topological polar surface area (TPSA) is 20.3 Å². The summed E-state index contributed by atoms with van der Waals surface area (Å²) in [4.78, 5) is 12.5. The van der Waals surface area contributed by atoms with Gasteiger partial charge in [0.05, 0.1) is 0 Å². The average molecular weight is 255 g/mol. The highest BCUT2D eigenvalue weighted by Gasteiger charge is 2.30. The van der Waals surface area contributed by atoms with Crippen LogP contribution in [0.25, 0.3) is 0 Å². The minimum absolute atomic E-state index is 0.133. The molecule has 3 rings (SSSR count). The van der Waals surface area contributed by atoms with Crippen molar-refractivity contribution in [1.29, 1.82) is 0 Å². The van der Waals surface area contributed by atoms with E-state index in [1.54, 1.807) is 11.9 Å². The zero-order chi connectivity index (χ0) is 12.4. The number of benzene rings is 2. The maximum Gasteiger partial charge on any atom is 0.142 e. The van der Waals surface area contributed by atoms with E-state index in [4.69, 9.17) is 0 Å². The van der Waals surface area contributed by atoms with Crippen molar-refractivity contribution >= 4 is 18.2 Å². The summed E-state index contributed by atoms with van der Waals surface area (Å²) >= 11 is 1.67. The lowest BCUT2D eigenvalue weighted by Gasteiger charge is -2.18. The quantitative estimate of drug-likeness (QED) is 0.619. The first-order valence-corrected chi connectivity index (χ1v) is 6.68. The van der Waals surface area contributed by atoms with Crippen molar-refractivity contribution in [1.82, 2.24) is 4.31 Å². The summed E-state index contributed by atoms with van der Waals surface area (Å²) in [5, 5.41) is 0. The fourth-order valence-corrected chi connectivity index (χ4v) is 3.36. The lowest BCUT2D eigenvalue weighted by Crippen LogP contribution is -2.18. The van der Waals surface area contributed by atoms with Gasteiger partial charge in [0.15, 0.2) is 0 Å². The first-order chi connectivity index (χ1) is 8.88. The van der Waals surface area contributed by atoms with Crippen molar-refractivity contribution in [2.45, 2.75) is 17.5 Å². The van der Waals surface area contributed by atoms with E-state index in [1.165, 1.54) is 10.5 Å². The molecule has 1 unspecified atom stereocenters. The largest absolute Gasteiger partial charge is 0.301 e. The molecule has 0 fully saturated rings. The van der Waals surface area contributed by atoms with E-state index in [9.17, 15) is 4.79 Å². The smallest absolute Gasteiger partial charge is 0.142 e. The van der Waals surface area contributed by atoms with Gasteiger partial charge in [0.1, 0.15) is 12.3 Å². The molecular formula is C15H13NOS. The van der Waals surface area contributed by atoms with Crippen LogP contribution in [0.3, 0.4) is 0 Å². The summed E-state index contributed by atoms with van der Waals surface area (Å²) in [6.07, 6.45) is 1.03. The Kier molecular flexibility index (Phi) is 3.17. The number of hydrogen-bond donors (Lipinski definition) is 0. The van der Waals surface area contributed by atoms with Gasteiger partial charge in [0.2, 0.25) is 0 Å². The van der Waals surface area contributed by atoms with Crippen molar-refractivity contribution in [2.24, 2.45) is 0 Å². The number of rotatable bonds is 3. The molecule has 0 aromatic heterocycles. The van der Waals surface area contributed by atoms with Crippen LogP contribution in [-0.2, 0) is 11.3 Å².